The van der Waals surface area contributed by atoms with Crippen molar-refractivity contribution in [2.45, 2.75) is 6.18 Å². The Morgan fingerprint density at radius 2 is 2.06 bits per heavy atom. The van der Waals surface area contributed by atoms with Crippen LogP contribution in [-0.4, -0.2) is 27.0 Å². The molecule has 1 heterocycles. The molecule has 6 nitrogen and oxygen atoms in total. The SMILES string of the molecule is NC(=NC(=O)O)c1cc(C(F)(F)F)ncn1. The van der Waals surface area contributed by atoms with Crippen molar-refractivity contribution in [3.05, 3.63) is 23.8 Å². The van der Waals surface area contributed by atoms with Crippen molar-refractivity contribution in [3.8, 4) is 0 Å². The smallest absolute Gasteiger partial charge is 0.433 e. The molecule has 9 heteroatoms. The number of rotatable bonds is 1. The summed E-state index contributed by atoms with van der Waals surface area (Å²) in [5, 5.41) is 8.24. The first-order valence-corrected chi connectivity index (χ1v) is 3.77. The summed E-state index contributed by atoms with van der Waals surface area (Å²) in [7, 11) is 0. The van der Waals surface area contributed by atoms with Crippen molar-refractivity contribution in [3.63, 3.8) is 0 Å². The molecule has 0 spiro atoms. The van der Waals surface area contributed by atoms with Crippen molar-refractivity contribution < 1.29 is 23.1 Å². The Hall–Kier alpha value is -2.19. The first-order valence-electron chi connectivity index (χ1n) is 3.77. The molecule has 0 saturated heterocycles. The van der Waals surface area contributed by atoms with E-state index in [0.717, 1.165) is 0 Å². The van der Waals surface area contributed by atoms with Crippen LogP contribution in [0.4, 0.5) is 18.0 Å². The first-order chi connectivity index (χ1) is 7.30. The monoisotopic (exact) mass is 234 g/mol. The summed E-state index contributed by atoms with van der Waals surface area (Å²) in [5.74, 6) is -0.625. The van der Waals surface area contributed by atoms with Crippen LogP contribution in [0.1, 0.15) is 11.4 Å². The Labute approximate surface area is 86.7 Å². The third kappa shape index (κ3) is 2.90. The molecule has 86 valence electrons. The predicted octanol–water partition coefficient (Wildman–Crippen LogP) is 0.879. The van der Waals surface area contributed by atoms with Gasteiger partial charge in [0, 0.05) is 0 Å². The number of carboxylic acid groups (broad SMARTS) is 1. The zero-order chi connectivity index (χ0) is 12.3. The van der Waals surface area contributed by atoms with Crippen LogP contribution >= 0.6 is 0 Å². The Balaban J connectivity index is 3.13. The van der Waals surface area contributed by atoms with Gasteiger partial charge in [0.05, 0.1) is 0 Å². The maximum atomic E-state index is 12.2. The van der Waals surface area contributed by atoms with E-state index in [1.54, 1.807) is 0 Å². The molecular weight excluding hydrogens is 229 g/mol. The van der Waals surface area contributed by atoms with Crippen LogP contribution in [0.5, 0.6) is 0 Å². The molecule has 0 aliphatic carbocycles. The van der Waals surface area contributed by atoms with Crippen molar-refractivity contribution in [2.24, 2.45) is 10.7 Å². The summed E-state index contributed by atoms with van der Waals surface area (Å²) in [6.45, 7) is 0. The van der Waals surface area contributed by atoms with Gasteiger partial charge in [0.2, 0.25) is 0 Å². The van der Waals surface area contributed by atoms with Gasteiger partial charge in [-0.1, -0.05) is 0 Å². The zero-order valence-corrected chi connectivity index (χ0v) is 7.56. The Morgan fingerprint density at radius 1 is 1.44 bits per heavy atom. The van der Waals surface area contributed by atoms with Crippen LogP contribution in [-0.2, 0) is 6.18 Å². The van der Waals surface area contributed by atoms with Gasteiger partial charge in [-0.2, -0.15) is 18.2 Å². The van der Waals surface area contributed by atoms with Crippen LogP contribution in [0.3, 0.4) is 0 Å². The fourth-order valence-electron chi connectivity index (χ4n) is 0.813. The van der Waals surface area contributed by atoms with Crippen LogP contribution < -0.4 is 5.73 Å². The molecule has 0 aliphatic heterocycles. The van der Waals surface area contributed by atoms with Crippen LogP contribution in [0.2, 0.25) is 0 Å². The molecule has 0 saturated carbocycles. The molecule has 0 fully saturated rings. The number of amidine groups is 1. The minimum absolute atomic E-state index is 0.398. The minimum Gasteiger partial charge on any atom is -0.463 e. The molecule has 1 amide bonds. The normalized spacial score (nSPS) is 12.6. The first kappa shape index (κ1) is 11.9. The summed E-state index contributed by atoms with van der Waals surface area (Å²) in [6.07, 6.45) is -5.64. The van der Waals surface area contributed by atoms with Gasteiger partial charge in [-0.05, 0) is 6.07 Å². The largest absolute Gasteiger partial charge is 0.463 e. The topological polar surface area (TPSA) is 101 Å². The molecule has 16 heavy (non-hydrogen) atoms. The number of aromatic nitrogens is 2. The van der Waals surface area contributed by atoms with Crippen molar-refractivity contribution in [1.82, 2.24) is 9.97 Å². The van der Waals surface area contributed by atoms with E-state index in [9.17, 15) is 18.0 Å². The highest BCUT2D eigenvalue weighted by molar-refractivity contribution is 6.01. The molecule has 0 aliphatic rings. The van der Waals surface area contributed by atoms with Crippen LogP contribution in [0.25, 0.3) is 0 Å². The van der Waals surface area contributed by atoms with Gasteiger partial charge in [0.15, 0.2) is 5.84 Å². The lowest BCUT2D eigenvalue weighted by Crippen LogP contribution is -2.19. The summed E-state index contributed by atoms with van der Waals surface area (Å²) < 4.78 is 36.6. The Kier molecular flexibility index (Phi) is 3.06. The second-order valence-electron chi connectivity index (χ2n) is 2.57. The third-order valence-electron chi connectivity index (χ3n) is 1.44. The highest BCUT2D eigenvalue weighted by atomic mass is 19.4. The van der Waals surface area contributed by atoms with Crippen molar-refractivity contribution >= 4 is 11.9 Å². The zero-order valence-electron chi connectivity index (χ0n) is 7.56. The van der Waals surface area contributed by atoms with E-state index in [2.05, 4.69) is 15.0 Å². The number of nitrogens with two attached hydrogens (primary N) is 1. The number of halogens is 3. The fourth-order valence-corrected chi connectivity index (χ4v) is 0.813. The maximum absolute atomic E-state index is 12.2. The number of alkyl halides is 3. The molecule has 3 N–H and O–H groups in total. The minimum atomic E-state index is -4.65. The second-order valence-corrected chi connectivity index (χ2v) is 2.57. The molecule has 1 aromatic heterocycles. The average molecular weight is 234 g/mol. The van der Waals surface area contributed by atoms with Gasteiger partial charge in [0.1, 0.15) is 17.7 Å². The third-order valence-corrected chi connectivity index (χ3v) is 1.44. The van der Waals surface area contributed by atoms with E-state index in [1.807, 2.05) is 0 Å². The lowest BCUT2D eigenvalue weighted by atomic mass is 10.3. The van der Waals surface area contributed by atoms with E-state index < -0.39 is 29.5 Å². The van der Waals surface area contributed by atoms with Gasteiger partial charge >= 0.3 is 12.3 Å². The van der Waals surface area contributed by atoms with E-state index in [-0.39, 0.29) is 0 Å². The number of carbonyl (C=O) groups is 1. The molecule has 1 aromatic rings. The Morgan fingerprint density at radius 3 is 2.56 bits per heavy atom. The molecule has 0 atom stereocenters. The van der Waals surface area contributed by atoms with Gasteiger partial charge in [0.25, 0.3) is 0 Å². The summed E-state index contributed by atoms with van der Waals surface area (Å²) >= 11 is 0. The standard InChI is InChI=1S/C7H5F3N4O2/c8-7(9,10)4-1-3(12-2-13-4)5(11)14-6(15)16/h1-2H,(H2,11,14)(H,15,16). The highest BCUT2D eigenvalue weighted by Crippen LogP contribution is 2.27. The fraction of sp³-hybridized carbons (Fsp3) is 0.143. The lowest BCUT2D eigenvalue weighted by Gasteiger charge is -2.05. The molecule has 0 radical (unpaired) electrons. The predicted molar refractivity (Wildman–Crippen MR) is 45.8 cm³/mol. The van der Waals surface area contributed by atoms with E-state index >= 15 is 0 Å². The molecular formula is C7H5F3N4O2. The van der Waals surface area contributed by atoms with E-state index in [1.165, 1.54) is 0 Å². The van der Waals surface area contributed by atoms with Crippen LogP contribution in [0.15, 0.2) is 17.4 Å². The number of hydrogen-bond donors (Lipinski definition) is 2. The number of hydrogen-bond acceptors (Lipinski definition) is 3. The number of aliphatic imine (C=N–C) groups is 1. The number of nitrogens with zero attached hydrogens (tertiary/aromatic N) is 3. The van der Waals surface area contributed by atoms with Crippen molar-refractivity contribution in [1.29, 1.82) is 0 Å². The van der Waals surface area contributed by atoms with Gasteiger partial charge in [-0.3, -0.25) is 0 Å². The highest BCUT2D eigenvalue weighted by Gasteiger charge is 2.33. The van der Waals surface area contributed by atoms with Crippen molar-refractivity contribution in [2.75, 3.05) is 0 Å². The van der Waals surface area contributed by atoms with Gasteiger partial charge < -0.3 is 10.8 Å². The van der Waals surface area contributed by atoms with E-state index in [4.69, 9.17) is 10.8 Å². The summed E-state index contributed by atoms with van der Waals surface area (Å²) in [5.41, 5.74) is 3.50. The summed E-state index contributed by atoms with van der Waals surface area (Å²) in [4.78, 5) is 19.3. The van der Waals surface area contributed by atoms with Crippen LogP contribution in [0, 0.1) is 0 Å². The lowest BCUT2D eigenvalue weighted by molar-refractivity contribution is -0.141. The molecule has 0 bridgehead atoms. The molecule has 0 aromatic carbocycles. The molecule has 1 rings (SSSR count). The van der Waals surface area contributed by atoms with E-state index in [0.29, 0.717) is 12.4 Å². The average Bonchev–Trinajstić information content (AvgIpc) is 2.15. The van der Waals surface area contributed by atoms with Gasteiger partial charge in [-0.25, -0.2) is 14.8 Å². The summed E-state index contributed by atoms with van der Waals surface area (Å²) in [6, 6.07) is 0.516. The molecule has 0 unspecified atom stereocenters. The van der Waals surface area contributed by atoms with Gasteiger partial charge in [-0.15, -0.1) is 0 Å². The maximum Gasteiger partial charge on any atom is 0.433 e. The second kappa shape index (κ2) is 4.13. The Bertz CT molecular complexity index is 444. The number of amides is 1. The quantitative estimate of drug-likeness (QED) is 0.554.